The van der Waals surface area contributed by atoms with Gasteiger partial charge in [-0.25, -0.2) is 0 Å². The topological polar surface area (TPSA) is 50.4 Å². The van der Waals surface area contributed by atoms with Crippen LogP contribution >= 0.6 is 11.6 Å². The number of carbonyl (C=O) groups is 1. The maximum absolute atomic E-state index is 13.2. The van der Waals surface area contributed by atoms with Crippen LogP contribution in [-0.4, -0.2) is 5.91 Å². The van der Waals surface area contributed by atoms with Gasteiger partial charge in [0.2, 0.25) is 0 Å². The Morgan fingerprint density at radius 3 is 2.19 bits per heavy atom. The Hall–Kier alpha value is -3.76. The van der Waals surface area contributed by atoms with Gasteiger partial charge in [-0.1, -0.05) is 72.3 Å². The van der Waals surface area contributed by atoms with Gasteiger partial charge in [0.15, 0.2) is 0 Å². The summed E-state index contributed by atoms with van der Waals surface area (Å²) in [6, 6.07) is 31.6. The lowest BCUT2D eigenvalue weighted by molar-refractivity contribution is -0.117. The van der Waals surface area contributed by atoms with Crippen LogP contribution in [0.5, 0.6) is 11.5 Å². The lowest BCUT2D eigenvalue weighted by Gasteiger charge is -2.21. The fourth-order valence-corrected chi connectivity index (χ4v) is 3.45. The van der Waals surface area contributed by atoms with Crippen LogP contribution in [0.15, 0.2) is 103 Å². The van der Waals surface area contributed by atoms with Gasteiger partial charge in [0.25, 0.3) is 5.91 Å². The van der Waals surface area contributed by atoms with Crippen LogP contribution in [0.1, 0.15) is 17.2 Å². The van der Waals surface area contributed by atoms with E-state index in [0.29, 0.717) is 16.5 Å². The summed E-state index contributed by atoms with van der Waals surface area (Å²) < 4.78 is 5.93. The van der Waals surface area contributed by atoms with Crippen LogP contribution in [0.3, 0.4) is 0 Å². The molecule has 0 spiro atoms. The highest BCUT2D eigenvalue weighted by molar-refractivity contribution is 6.31. The first-order valence-corrected chi connectivity index (χ1v) is 10.7. The summed E-state index contributed by atoms with van der Waals surface area (Å²) in [6.45, 7) is 1.92. The van der Waals surface area contributed by atoms with Crippen LogP contribution in [-0.2, 0) is 4.79 Å². The van der Waals surface area contributed by atoms with Crippen LogP contribution < -0.4 is 15.4 Å². The van der Waals surface area contributed by atoms with Crippen molar-refractivity contribution < 1.29 is 9.53 Å². The fraction of sp³-hybridized carbons (Fsp3) is 0.0741. The average molecular weight is 443 g/mol. The van der Waals surface area contributed by atoms with E-state index in [2.05, 4.69) is 10.6 Å². The van der Waals surface area contributed by atoms with Gasteiger partial charge in [-0.05, 0) is 54.4 Å². The molecule has 0 saturated heterocycles. The van der Waals surface area contributed by atoms with Gasteiger partial charge >= 0.3 is 0 Å². The second-order valence-corrected chi connectivity index (χ2v) is 7.79. The van der Waals surface area contributed by atoms with Gasteiger partial charge in [-0.15, -0.1) is 0 Å². The molecule has 4 nitrogen and oxygen atoms in total. The standard InChI is InChI=1S/C27H23ClN2O2/c1-19-15-16-22(18-25(19)28)30-27(31)26(20-9-4-2-5-10-20)29-21-11-8-14-24(17-21)32-23-12-6-3-7-13-23/h2-18,26,29H,1H3,(H,30,31)/t26-/m0/s1. The molecule has 0 unspecified atom stereocenters. The van der Waals surface area contributed by atoms with Crippen LogP contribution in [0.25, 0.3) is 0 Å². The molecule has 0 aliphatic heterocycles. The summed E-state index contributed by atoms with van der Waals surface area (Å²) in [7, 11) is 0. The molecule has 0 aliphatic carbocycles. The van der Waals surface area contributed by atoms with Crippen LogP contribution in [0.2, 0.25) is 5.02 Å². The molecule has 0 saturated carbocycles. The monoisotopic (exact) mass is 442 g/mol. The molecule has 1 amide bonds. The van der Waals surface area contributed by atoms with Crippen molar-refractivity contribution in [2.75, 3.05) is 10.6 Å². The molecule has 5 heteroatoms. The van der Waals surface area contributed by atoms with Crippen molar-refractivity contribution in [3.8, 4) is 11.5 Å². The van der Waals surface area contributed by atoms with Gasteiger partial charge in [0.05, 0.1) is 0 Å². The number of carbonyl (C=O) groups excluding carboxylic acids is 1. The first-order valence-electron chi connectivity index (χ1n) is 10.3. The molecule has 1 atom stereocenters. The predicted molar refractivity (Wildman–Crippen MR) is 131 cm³/mol. The number of halogens is 1. The second kappa shape index (κ2) is 10.0. The molecule has 0 fully saturated rings. The number of amides is 1. The molecular weight excluding hydrogens is 420 g/mol. The van der Waals surface area contributed by atoms with E-state index < -0.39 is 6.04 Å². The molecule has 4 rings (SSSR count). The fourth-order valence-electron chi connectivity index (χ4n) is 3.27. The minimum Gasteiger partial charge on any atom is -0.457 e. The Labute approximate surface area is 192 Å². The first-order chi connectivity index (χ1) is 15.6. The summed E-state index contributed by atoms with van der Waals surface area (Å²) in [6.07, 6.45) is 0. The number of rotatable bonds is 7. The number of aryl methyl sites for hydroxylation is 1. The molecule has 4 aromatic rings. The highest BCUT2D eigenvalue weighted by Crippen LogP contribution is 2.28. The van der Waals surface area contributed by atoms with Crippen molar-refractivity contribution in [1.29, 1.82) is 0 Å². The molecule has 32 heavy (non-hydrogen) atoms. The van der Waals surface area contributed by atoms with Crippen molar-refractivity contribution in [3.63, 3.8) is 0 Å². The maximum Gasteiger partial charge on any atom is 0.251 e. The summed E-state index contributed by atoms with van der Waals surface area (Å²) in [5.74, 6) is 1.24. The predicted octanol–water partition coefficient (Wildman–Crippen LogP) is 7.23. The van der Waals surface area contributed by atoms with E-state index in [1.54, 1.807) is 6.07 Å². The Balaban J connectivity index is 1.57. The average Bonchev–Trinajstić information content (AvgIpc) is 2.81. The summed E-state index contributed by atoms with van der Waals surface area (Å²) in [4.78, 5) is 13.2. The van der Waals surface area contributed by atoms with E-state index in [1.807, 2.05) is 104 Å². The van der Waals surface area contributed by atoms with Crippen molar-refractivity contribution in [2.24, 2.45) is 0 Å². The zero-order valence-electron chi connectivity index (χ0n) is 17.6. The number of nitrogens with one attached hydrogen (secondary N) is 2. The smallest absolute Gasteiger partial charge is 0.251 e. The van der Waals surface area contributed by atoms with Gasteiger partial charge in [-0.3, -0.25) is 4.79 Å². The quantitative estimate of drug-likeness (QED) is 0.317. The zero-order valence-corrected chi connectivity index (χ0v) is 18.3. The number of ether oxygens (including phenoxy) is 1. The zero-order chi connectivity index (χ0) is 22.3. The normalized spacial score (nSPS) is 11.4. The van der Waals surface area contributed by atoms with Gasteiger partial charge in [0.1, 0.15) is 17.5 Å². The van der Waals surface area contributed by atoms with Crippen molar-refractivity contribution in [3.05, 3.63) is 119 Å². The first kappa shape index (κ1) is 21.5. The number of benzene rings is 4. The number of para-hydroxylation sites is 1. The van der Waals surface area contributed by atoms with E-state index in [4.69, 9.17) is 16.3 Å². The molecule has 0 aliphatic rings. The molecule has 4 aromatic carbocycles. The molecule has 2 N–H and O–H groups in total. The summed E-state index contributed by atoms with van der Waals surface area (Å²) in [5.41, 5.74) is 3.22. The van der Waals surface area contributed by atoms with Crippen LogP contribution in [0.4, 0.5) is 11.4 Å². The highest BCUT2D eigenvalue weighted by atomic mass is 35.5. The van der Waals surface area contributed by atoms with Crippen molar-refractivity contribution >= 4 is 28.9 Å². The summed E-state index contributed by atoms with van der Waals surface area (Å²) >= 11 is 6.23. The Kier molecular flexibility index (Phi) is 6.73. The molecule has 0 heterocycles. The number of hydrogen-bond donors (Lipinski definition) is 2. The largest absolute Gasteiger partial charge is 0.457 e. The Bertz CT molecular complexity index is 1200. The highest BCUT2D eigenvalue weighted by Gasteiger charge is 2.21. The van der Waals surface area contributed by atoms with E-state index in [-0.39, 0.29) is 5.91 Å². The van der Waals surface area contributed by atoms with Gasteiger partial charge in [-0.2, -0.15) is 0 Å². The molecule has 0 radical (unpaired) electrons. The number of anilines is 2. The number of hydrogen-bond acceptors (Lipinski definition) is 3. The van der Waals surface area contributed by atoms with Crippen LogP contribution in [0, 0.1) is 6.92 Å². The van der Waals surface area contributed by atoms with E-state index in [9.17, 15) is 4.79 Å². The summed E-state index contributed by atoms with van der Waals surface area (Å²) in [5, 5.41) is 6.92. The van der Waals surface area contributed by atoms with E-state index in [0.717, 1.165) is 22.6 Å². The third kappa shape index (κ3) is 5.48. The maximum atomic E-state index is 13.2. The third-order valence-corrected chi connectivity index (χ3v) is 5.37. The van der Waals surface area contributed by atoms with Gasteiger partial charge in [0, 0.05) is 22.5 Å². The van der Waals surface area contributed by atoms with E-state index >= 15 is 0 Å². The second-order valence-electron chi connectivity index (χ2n) is 7.38. The third-order valence-electron chi connectivity index (χ3n) is 4.96. The molecule has 0 bridgehead atoms. The SMILES string of the molecule is Cc1ccc(NC(=O)[C@@H](Nc2cccc(Oc3ccccc3)c2)c2ccccc2)cc1Cl. The molecule has 0 aromatic heterocycles. The Morgan fingerprint density at radius 2 is 1.47 bits per heavy atom. The van der Waals surface area contributed by atoms with Crippen molar-refractivity contribution in [2.45, 2.75) is 13.0 Å². The lowest BCUT2D eigenvalue weighted by Crippen LogP contribution is -2.27. The lowest BCUT2D eigenvalue weighted by atomic mass is 10.1. The minimum absolute atomic E-state index is 0.189. The van der Waals surface area contributed by atoms with E-state index in [1.165, 1.54) is 0 Å². The van der Waals surface area contributed by atoms with Gasteiger partial charge < -0.3 is 15.4 Å². The Morgan fingerprint density at radius 1 is 0.781 bits per heavy atom. The minimum atomic E-state index is -0.608. The van der Waals surface area contributed by atoms with Crippen molar-refractivity contribution in [1.82, 2.24) is 0 Å². The molecule has 160 valence electrons. The molecular formula is C27H23ClN2O2.